The SMILES string of the molecule is CC/C=C\C/C=C\C/C=C\C/C=C\CCC(=O)NC(COC1OC(CO)C(O)C(O)C1O)C(O)/C=C/CCCCCCCCCCCCCCCCCCCCCCCCCCCCC. The molecule has 0 aromatic carbocycles. The molecule has 6 N–H and O–H groups in total. The molecule has 9 heteroatoms. The summed E-state index contributed by atoms with van der Waals surface area (Å²) in [7, 11) is 0. The Bertz CT molecular complexity index is 1200. The number of hydrogen-bond donors (Lipinski definition) is 6. The normalized spacial score (nSPS) is 20.4. The van der Waals surface area contributed by atoms with Crippen LogP contribution < -0.4 is 5.32 Å². The van der Waals surface area contributed by atoms with Crippen LogP contribution in [-0.2, 0) is 14.3 Å². The van der Waals surface area contributed by atoms with E-state index in [1.54, 1.807) is 6.08 Å². The lowest BCUT2D eigenvalue weighted by Gasteiger charge is -2.40. The van der Waals surface area contributed by atoms with Gasteiger partial charge in [-0.15, -0.1) is 0 Å². The first-order valence-corrected chi connectivity index (χ1v) is 27.0. The number of amides is 1. The van der Waals surface area contributed by atoms with Gasteiger partial charge < -0.3 is 40.3 Å². The maximum absolute atomic E-state index is 12.9. The number of aliphatic hydroxyl groups excluding tert-OH is 5. The first-order valence-electron chi connectivity index (χ1n) is 27.0. The van der Waals surface area contributed by atoms with Crippen LogP contribution in [0.5, 0.6) is 0 Å². The third-order valence-corrected chi connectivity index (χ3v) is 12.6. The Morgan fingerprint density at radius 2 is 0.954 bits per heavy atom. The number of rotatable bonds is 45. The van der Waals surface area contributed by atoms with Crippen molar-refractivity contribution in [2.75, 3.05) is 13.2 Å². The molecule has 9 nitrogen and oxygen atoms in total. The van der Waals surface area contributed by atoms with Crippen molar-refractivity contribution < 1.29 is 39.8 Å². The van der Waals surface area contributed by atoms with Crippen molar-refractivity contribution in [3.8, 4) is 0 Å². The second-order valence-electron chi connectivity index (χ2n) is 18.6. The van der Waals surface area contributed by atoms with Crippen molar-refractivity contribution in [1.29, 1.82) is 0 Å². The van der Waals surface area contributed by atoms with Gasteiger partial charge in [-0.2, -0.15) is 0 Å². The highest BCUT2D eigenvalue weighted by Crippen LogP contribution is 2.23. The molecule has 0 bridgehead atoms. The maximum atomic E-state index is 12.9. The molecule has 1 heterocycles. The van der Waals surface area contributed by atoms with Crippen molar-refractivity contribution in [2.45, 2.75) is 275 Å². The van der Waals surface area contributed by atoms with Gasteiger partial charge in [0.15, 0.2) is 6.29 Å². The minimum Gasteiger partial charge on any atom is -0.394 e. The summed E-state index contributed by atoms with van der Waals surface area (Å²) >= 11 is 0. The summed E-state index contributed by atoms with van der Waals surface area (Å²) in [5, 5.41) is 54.3. The lowest BCUT2D eigenvalue weighted by atomic mass is 9.99. The number of carbonyl (C=O) groups is 1. The third kappa shape index (κ3) is 35.7. The Labute approximate surface area is 398 Å². The summed E-state index contributed by atoms with van der Waals surface area (Å²) in [5.41, 5.74) is 0. The highest BCUT2D eigenvalue weighted by atomic mass is 16.7. The molecular weight excluding hydrogens is 815 g/mol. The van der Waals surface area contributed by atoms with Crippen molar-refractivity contribution in [1.82, 2.24) is 5.32 Å². The van der Waals surface area contributed by atoms with Gasteiger partial charge >= 0.3 is 0 Å². The van der Waals surface area contributed by atoms with Crippen LogP contribution in [-0.4, -0.2) is 87.5 Å². The van der Waals surface area contributed by atoms with E-state index in [1.807, 2.05) is 18.2 Å². The predicted molar refractivity (Wildman–Crippen MR) is 272 cm³/mol. The van der Waals surface area contributed by atoms with Gasteiger partial charge in [-0.1, -0.05) is 242 Å². The van der Waals surface area contributed by atoms with Crippen LogP contribution in [0.25, 0.3) is 0 Å². The fourth-order valence-corrected chi connectivity index (χ4v) is 8.34. The number of hydrogen-bond acceptors (Lipinski definition) is 8. The molecule has 65 heavy (non-hydrogen) atoms. The van der Waals surface area contributed by atoms with Gasteiger partial charge in [-0.3, -0.25) is 4.79 Å². The van der Waals surface area contributed by atoms with Gasteiger partial charge in [-0.25, -0.2) is 0 Å². The topological polar surface area (TPSA) is 149 Å². The summed E-state index contributed by atoms with van der Waals surface area (Å²) in [6.45, 7) is 3.62. The molecule has 0 saturated carbocycles. The zero-order chi connectivity index (χ0) is 47.3. The van der Waals surface area contributed by atoms with E-state index in [2.05, 4.69) is 55.6 Å². The molecule has 1 saturated heterocycles. The standard InChI is InChI=1S/C56H101NO8/c1-3-5-7-9-11-13-15-17-18-19-20-21-22-23-24-25-26-27-28-29-30-31-32-34-35-37-39-41-43-45-50(59)49(48-64-56-55(63)54(62)53(61)51(47-58)65-56)57-52(60)46-44-42-40-38-36-33-16-14-12-10-8-6-4-2/h6,8,12,14,33,36,40,42-43,45,49-51,53-56,58-59,61-63H,3-5,7,9-11,13,15-32,34-35,37-39,41,44,46-48H2,1-2H3,(H,57,60)/b8-6-,14-12-,36-33-,42-40-,45-43+. The summed E-state index contributed by atoms with van der Waals surface area (Å²) in [6.07, 6.45) is 54.6. The molecular formula is C56H101NO8. The highest BCUT2D eigenvalue weighted by molar-refractivity contribution is 5.76. The number of allylic oxidation sites excluding steroid dienone is 9. The predicted octanol–water partition coefficient (Wildman–Crippen LogP) is 12.7. The molecule has 7 atom stereocenters. The molecule has 1 fully saturated rings. The molecule has 0 aromatic rings. The summed E-state index contributed by atoms with van der Waals surface area (Å²) in [5.74, 6) is -0.257. The summed E-state index contributed by atoms with van der Waals surface area (Å²) in [4.78, 5) is 12.9. The Morgan fingerprint density at radius 3 is 1.38 bits per heavy atom. The molecule has 0 spiro atoms. The monoisotopic (exact) mass is 916 g/mol. The molecule has 0 aliphatic carbocycles. The van der Waals surface area contributed by atoms with Gasteiger partial charge in [0, 0.05) is 6.42 Å². The molecule has 0 radical (unpaired) electrons. The Kier molecular flexibility index (Phi) is 42.8. The summed E-state index contributed by atoms with van der Waals surface area (Å²) < 4.78 is 11.2. The van der Waals surface area contributed by atoms with Crippen molar-refractivity contribution in [2.24, 2.45) is 0 Å². The van der Waals surface area contributed by atoms with E-state index >= 15 is 0 Å². The zero-order valence-electron chi connectivity index (χ0n) is 41.7. The van der Waals surface area contributed by atoms with Gasteiger partial charge in [0.1, 0.15) is 24.4 Å². The van der Waals surface area contributed by atoms with E-state index in [1.165, 1.54) is 161 Å². The van der Waals surface area contributed by atoms with E-state index < -0.39 is 49.5 Å². The number of aliphatic hydroxyl groups is 5. The fourth-order valence-electron chi connectivity index (χ4n) is 8.34. The molecule has 1 rings (SSSR count). The van der Waals surface area contributed by atoms with Crippen molar-refractivity contribution >= 4 is 5.91 Å². The average molecular weight is 916 g/mol. The van der Waals surface area contributed by atoms with Crippen LogP contribution in [0.2, 0.25) is 0 Å². The van der Waals surface area contributed by atoms with Gasteiger partial charge in [0.2, 0.25) is 5.91 Å². The molecule has 7 unspecified atom stereocenters. The van der Waals surface area contributed by atoms with E-state index in [0.29, 0.717) is 6.42 Å². The Balaban J connectivity index is 2.21. The van der Waals surface area contributed by atoms with E-state index in [-0.39, 0.29) is 18.9 Å². The first-order chi connectivity index (χ1) is 31.8. The zero-order valence-corrected chi connectivity index (χ0v) is 41.7. The first kappa shape index (κ1) is 60.9. The quantitative estimate of drug-likeness (QED) is 0.0261. The van der Waals surface area contributed by atoms with Crippen LogP contribution in [0.4, 0.5) is 0 Å². The second kappa shape index (κ2) is 45.7. The fraction of sp³-hybridized carbons (Fsp3) is 0.804. The molecule has 1 amide bonds. The Hall–Kier alpha value is -2.11. The third-order valence-electron chi connectivity index (χ3n) is 12.6. The maximum Gasteiger partial charge on any atom is 0.220 e. The summed E-state index contributed by atoms with van der Waals surface area (Å²) in [6, 6.07) is -0.845. The van der Waals surface area contributed by atoms with Crippen molar-refractivity contribution in [3.05, 3.63) is 60.8 Å². The number of carbonyl (C=O) groups excluding carboxylic acids is 1. The van der Waals surface area contributed by atoms with E-state index in [4.69, 9.17) is 9.47 Å². The van der Waals surface area contributed by atoms with E-state index in [0.717, 1.165) is 44.9 Å². The lowest BCUT2D eigenvalue weighted by molar-refractivity contribution is -0.302. The highest BCUT2D eigenvalue weighted by Gasteiger charge is 2.44. The minimum atomic E-state index is -1.58. The van der Waals surface area contributed by atoms with Crippen LogP contribution in [0.3, 0.4) is 0 Å². The Morgan fingerprint density at radius 1 is 0.538 bits per heavy atom. The average Bonchev–Trinajstić information content (AvgIpc) is 3.31. The minimum absolute atomic E-state index is 0.219. The number of unbranched alkanes of at least 4 members (excludes halogenated alkanes) is 27. The largest absolute Gasteiger partial charge is 0.394 e. The number of nitrogens with one attached hydrogen (secondary N) is 1. The van der Waals surface area contributed by atoms with E-state index in [9.17, 15) is 30.3 Å². The van der Waals surface area contributed by atoms with Gasteiger partial charge in [-0.05, 0) is 44.9 Å². The molecule has 0 aromatic heterocycles. The molecule has 378 valence electrons. The van der Waals surface area contributed by atoms with Crippen LogP contribution in [0, 0.1) is 0 Å². The van der Waals surface area contributed by atoms with Crippen LogP contribution in [0.1, 0.15) is 232 Å². The molecule has 1 aliphatic heterocycles. The molecule has 1 aliphatic rings. The van der Waals surface area contributed by atoms with Gasteiger partial charge in [0.25, 0.3) is 0 Å². The van der Waals surface area contributed by atoms with Gasteiger partial charge in [0.05, 0.1) is 25.4 Å². The lowest BCUT2D eigenvalue weighted by Crippen LogP contribution is -2.60. The second-order valence-corrected chi connectivity index (χ2v) is 18.6. The van der Waals surface area contributed by atoms with Crippen LogP contribution >= 0.6 is 0 Å². The number of ether oxygens (including phenoxy) is 2. The van der Waals surface area contributed by atoms with Crippen molar-refractivity contribution in [3.63, 3.8) is 0 Å². The van der Waals surface area contributed by atoms with Crippen LogP contribution in [0.15, 0.2) is 60.8 Å². The smallest absolute Gasteiger partial charge is 0.220 e.